The molecule has 1 heterocycles. The Bertz CT molecular complexity index is 586. The van der Waals surface area contributed by atoms with Gasteiger partial charge in [0.15, 0.2) is 5.69 Å². The van der Waals surface area contributed by atoms with E-state index >= 15 is 0 Å². The third-order valence-corrected chi connectivity index (χ3v) is 2.72. The molecule has 1 amide bonds. The number of aromatic nitrogens is 2. The quantitative estimate of drug-likeness (QED) is 0.840. The number of hydrogen-bond acceptors (Lipinski definition) is 5. The number of nitrogens with two attached hydrogens (primary N) is 2. The van der Waals surface area contributed by atoms with Gasteiger partial charge in [-0.05, 0) is 34.1 Å². The lowest BCUT2D eigenvalue weighted by molar-refractivity contribution is 0.0994. The van der Waals surface area contributed by atoms with Gasteiger partial charge in [-0.3, -0.25) is 4.79 Å². The van der Waals surface area contributed by atoms with Crippen LogP contribution in [0.3, 0.4) is 0 Å². The van der Waals surface area contributed by atoms with Crippen LogP contribution >= 0.6 is 15.9 Å². The van der Waals surface area contributed by atoms with E-state index in [-0.39, 0.29) is 11.6 Å². The Labute approximate surface area is 111 Å². The number of carbonyl (C=O) groups is 1. The minimum atomic E-state index is -0.640. The molecule has 2 rings (SSSR count). The fraction of sp³-hybridized carbons (Fsp3) is 0. The molecular weight excluding hydrogens is 300 g/mol. The van der Waals surface area contributed by atoms with Crippen LogP contribution in [0.1, 0.15) is 10.5 Å². The molecule has 1 aromatic carbocycles. The molecule has 1 aromatic heterocycles. The van der Waals surface area contributed by atoms with E-state index in [0.717, 1.165) is 4.47 Å². The maximum absolute atomic E-state index is 10.8. The molecule has 0 saturated heterocycles. The number of nitrogens with zero attached hydrogens (tertiary/aromatic N) is 2. The van der Waals surface area contributed by atoms with Crippen LogP contribution in [-0.2, 0) is 0 Å². The van der Waals surface area contributed by atoms with Gasteiger partial charge < -0.3 is 16.2 Å². The van der Waals surface area contributed by atoms with Crippen molar-refractivity contribution in [2.75, 3.05) is 5.73 Å². The number of nitrogen functional groups attached to an aromatic ring is 1. The number of rotatable bonds is 3. The lowest BCUT2D eigenvalue weighted by Gasteiger charge is -2.07. The molecule has 18 heavy (non-hydrogen) atoms. The fourth-order valence-corrected chi connectivity index (χ4v) is 1.54. The van der Waals surface area contributed by atoms with Crippen molar-refractivity contribution in [3.63, 3.8) is 0 Å². The lowest BCUT2D eigenvalue weighted by Crippen LogP contribution is -2.13. The number of primary amides is 1. The highest BCUT2D eigenvalue weighted by Gasteiger charge is 2.07. The molecule has 0 radical (unpaired) electrons. The zero-order valence-corrected chi connectivity index (χ0v) is 10.7. The highest BCUT2D eigenvalue weighted by molar-refractivity contribution is 9.10. The molecule has 6 nitrogen and oxygen atoms in total. The molecule has 0 aliphatic carbocycles. The Hall–Kier alpha value is -2.15. The predicted octanol–water partition coefficient (Wildman–Crippen LogP) is 1.71. The summed E-state index contributed by atoms with van der Waals surface area (Å²) < 4.78 is 6.21. The van der Waals surface area contributed by atoms with Gasteiger partial charge in [-0.1, -0.05) is 0 Å². The number of ether oxygens (including phenoxy) is 1. The first-order valence-corrected chi connectivity index (χ1v) is 5.72. The van der Waals surface area contributed by atoms with Crippen LogP contribution in [0.25, 0.3) is 0 Å². The Balaban J connectivity index is 2.23. The second-order valence-corrected chi connectivity index (χ2v) is 4.27. The normalized spacial score (nSPS) is 10.1. The summed E-state index contributed by atoms with van der Waals surface area (Å²) in [5.41, 5.74) is 11.3. The van der Waals surface area contributed by atoms with Gasteiger partial charge in [0.25, 0.3) is 5.91 Å². The van der Waals surface area contributed by atoms with E-state index in [1.54, 1.807) is 18.2 Å². The molecule has 0 aliphatic heterocycles. The van der Waals surface area contributed by atoms with Gasteiger partial charge in [0.05, 0.1) is 4.47 Å². The van der Waals surface area contributed by atoms with Crippen molar-refractivity contribution in [2.45, 2.75) is 0 Å². The molecule has 4 N–H and O–H groups in total. The highest BCUT2D eigenvalue weighted by Crippen LogP contribution is 2.30. The summed E-state index contributed by atoms with van der Waals surface area (Å²) in [7, 11) is 0. The van der Waals surface area contributed by atoms with Crippen molar-refractivity contribution in [3.8, 4) is 11.6 Å². The van der Waals surface area contributed by atoms with Crippen LogP contribution in [0.5, 0.6) is 11.6 Å². The monoisotopic (exact) mass is 308 g/mol. The Kier molecular flexibility index (Phi) is 3.42. The number of anilines is 1. The van der Waals surface area contributed by atoms with E-state index in [0.29, 0.717) is 11.4 Å². The largest absolute Gasteiger partial charge is 0.436 e. The zero-order valence-electron chi connectivity index (χ0n) is 9.13. The van der Waals surface area contributed by atoms with Crippen molar-refractivity contribution in [2.24, 2.45) is 5.73 Å². The van der Waals surface area contributed by atoms with Gasteiger partial charge >= 0.3 is 0 Å². The van der Waals surface area contributed by atoms with Crippen molar-refractivity contribution in [1.82, 2.24) is 10.2 Å². The van der Waals surface area contributed by atoms with Gasteiger partial charge in [0.1, 0.15) is 5.75 Å². The number of amides is 1. The van der Waals surface area contributed by atoms with Crippen LogP contribution in [0.2, 0.25) is 0 Å². The standard InChI is InChI=1S/C11H9BrN4O2/c12-7-2-1-6(13)5-9(7)18-10-4-3-8(11(14)17)15-16-10/h1-5H,13H2,(H2,14,17). The van der Waals surface area contributed by atoms with Gasteiger partial charge in [-0.15, -0.1) is 10.2 Å². The molecule has 2 aromatic rings. The first-order valence-electron chi connectivity index (χ1n) is 4.92. The summed E-state index contributed by atoms with van der Waals surface area (Å²) >= 11 is 3.32. The Morgan fingerprint density at radius 1 is 1.22 bits per heavy atom. The van der Waals surface area contributed by atoms with Crippen LogP contribution in [0, 0.1) is 0 Å². The van der Waals surface area contributed by atoms with Gasteiger partial charge in [0, 0.05) is 17.8 Å². The summed E-state index contributed by atoms with van der Waals surface area (Å²) in [6.07, 6.45) is 0. The zero-order chi connectivity index (χ0) is 13.1. The maximum atomic E-state index is 10.8. The first-order chi connectivity index (χ1) is 8.56. The van der Waals surface area contributed by atoms with Crippen molar-refractivity contribution in [1.29, 1.82) is 0 Å². The van der Waals surface area contributed by atoms with Crippen LogP contribution in [0.4, 0.5) is 5.69 Å². The molecule has 0 aliphatic rings. The molecule has 0 unspecified atom stereocenters. The summed E-state index contributed by atoms with van der Waals surface area (Å²) in [6.45, 7) is 0. The van der Waals surface area contributed by atoms with E-state index in [4.69, 9.17) is 16.2 Å². The van der Waals surface area contributed by atoms with Crippen molar-refractivity contribution in [3.05, 3.63) is 40.5 Å². The summed E-state index contributed by atoms with van der Waals surface area (Å²) in [4.78, 5) is 10.8. The fourth-order valence-electron chi connectivity index (χ4n) is 1.22. The SMILES string of the molecule is NC(=O)c1ccc(Oc2cc(N)ccc2Br)nn1. The summed E-state index contributed by atoms with van der Waals surface area (Å²) in [5, 5.41) is 7.36. The van der Waals surface area contributed by atoms with Crippen LogP contribution < -0.4 is 16.2 Å². The number of carbonyl (C=O) groups excluding carboxylic acids is 1. The third kappa shape index (κ3) is 2.75. The lowest BCUT2D eigenvalue weighted by atomic mass is 10.3. The number of halogens is 1. The van der Waals surface area contributed by atoms with E-state index in [9.17, 15) is 4.79 Å². The minimum absolute atomic E-state index is 0.0778. The van der Waals surface area contributed by atoms with Crippen molar-refractivity contribution >= 4 is 27.5 Å². The van der Waals surface area contributed by atoms with Crippen LogP contribution in [-0.4, -0.2) is 16.1 Å². The first kappa shape index (κ1) is 12.3. The van der Waals surface area contributed by atoms with Gasteiger partial charge in [-0.2, -0.15) is 0 Å². The highest BCUT2D eigenvalue weighted by atomic mass is 79.9. The van der Waals surface area contributed by atoms with E-state index in [1.807, 2.05) is 0 Å². The average Bonchev–Trinajstić information content (AvgIpc) is 2.34. The molecule has 0 fully saturated rings. The average molecular weight is 309 g/mol. The van der Waals surface area contributed by atoms with Crippen LogP contribution in [0.15, 0.2) is 34.8 Å². The molecule has 0 atom stereocenters. The van der Waals surface area contributed by atoms with E-state index < -0.39 is 5.91 Å². The molecule has 0 bridgehead atoms. The molecule has 0 saturated carbocycles. The second-order valence-electron chi connectivity index (χ2n) is 3.41. The molecular formula is C11H9BrN4O2. The number of hydrogen-bond donors (Lipinski definition) is 2. The van der Waals surface area contributed by atoms with Gasteiger partial charge in [0.2, 0.25) is 5.88 Å². The summed E-state index contributed by atoms with van der Waals surface area (Å²) in [6, 6.07) is 8.08. The summed E-state index contributed by atoms with van der Waals surface area (Å²) in [5.74, 6) is 0.113. The maximum Gasteiger partial charge on any atom is 0.269 e. The number of benzene rings is 1. The Morgan fingerprint density at radius 2 is 2.00 bits per heavy atom. The van der Waals surface area contributed by atoms with E-state index in [2.05, 4.69) is 26.1 Å². The van der Waals surface area contributed by atoms with Gasteiger partial charge in [-0.25, -0.2) is 0 Å². The topological polar surface area (TPSA) is 104 Å². The third-order valence-electron chi connectivity index (χ3n) is 2.06. The Morgan fingerprint density at radius 3 is 2.61 bits per heavy atom. The molecule has 7 heteroatoms. The minimum Gasteiger partial charge on any atom is -0.436 e. The molecule has 0 spiro atoms. The smallest absolute Gasteiger partial charge is 0.269 e. The molecule has 92 valence electrons. The second kappa shape index (κ2) is 5.01. The van der Waals surface area contributed by atoms with Crippen molar-refractivity contribution < 1.29 is 9.53 Å². The van der Waals surface area contributed by atoms with E-state index in [1.165, 1.54) is 12.1 Å². The predicted molar refractivity (Wildman–Crippen MR) is 69.2 cm³/mol.